The third-order valence-corrected chi connectivity index (χ3v) is 7.31. The second-order valence-electron chi connectivity index (χ2n) is 6.53. The van der Waals surface area contributed by atoms with Crippen molar-refractivity contribution < 1.29 is 13.2 Å². The zero-order valence-electron chi connectivity index (χ0n) is 14.8. The fraction of sp³-hybridized carbons (Fsp3) is 0.316. The van der Waals surface area contributed by atoms with Gasteiger partial charge in [0, 0.05) is 21.7 Å². The van der Waals surface area contributed by atoms with E-state index in [2.05, 4.69) is 21.2 Å². The molecule has 2 aromatic carbocycles. The van der Waals surface area contributed by atoms with Crippen LogP contribution in [0.15, 0.2) is 51.8 Å². The number of rotatable bonds is 4. The molecular formula is C19H20BrClN2O3S. The maximum Gasteiger partial charge on any atom is 0.243 e. The molecule has 1 aliphatic heterocycles. The van der Waals surface area contributed by atoms with Gasteiger partial charge >= 0.3 is 0 Å². The van der Waals surface area contributed by atoms with Gasteiger partial charge in [-0.3, -0.25) is 4.79 Å². The monoisotopic (exact) mass is 470 g/mol. The first-order chi connectivity index (χ1) is 12.8. The topological polar surface area (TPSA) is 66.5 Å². The molecule has 3 rings (SSSR count). The lowest BCUT2D eigenvalue weighted by Crippen LogP contribution is -2.49. The van der Waals surface area contributed by atoms with Crippen molar-refractivity contribution >= 4 is 49.1 Å². The van der Waals surface area contributed by atoms with Gasteiger partial charge in [0.25, 0.3) is 0 Å². The predicted octanol–water partition coefficient (Wildman–Crippen LogP) is 4.59. The number of benzene rings is 2. The van der Waals surface area contributed by atoms with E-state index in [1.54, 1.807) is 42.5 Å². The highest BCUT2D eigenvalue weighted by Crippen LogP contribution is 2.28. The van der Waals surface area contributed by atoms with Crippen LogP contribution in [0.4, 0.5) is 5.69 Å². The molecule has 5 nitrogen and oxygen atoms in total. The van der Waals surface area contributed by atoms with Crippen LogP contribution >= 0.6 is 27.5 Å². The number of nitrogens with zero attached hydrogens (tertiary/aromatic N) is 1. The maximum absolute atomic E-state index is 13.1. The number of amides is 1. The molecule has 0 bridgehead atoms. The average molecular weight is 472 g/mol. The molecule has 27 heavy (non-hydrogen) atoms. The Hall–Kier alpha value is -1.41. The minimum Gasteiger partial charge on any atom is -0.324 e. The number of nitrogens with one attached hydrogen (secondary N) is 1. The summed E-state index contributed by atoms with van der Waals surface area (Å²) < 4.78 is 28.3. The van der Waals surface area contributed by atoms with E-state index in [0.29, 0.717) is 23.7 Å². The Kier molecular flexibility index (Phi) is 6.25. The van der Waals surface area contributed by atoms with Crippen LogP contribution in [-0.4, -0.2) is 31.2 Å². The number of hydrogen-bond donors (Lipinski definition) is 1. The van der Waals surface area contributed by atoms with Crippen LogP contribution in [0, 0.1) is 6.92 Å². The standard InChI is InChI=1S/C19H20BrClN2O3S/c1-13-12-15(21)7-10-17(13)22-19(24)18-4-2-3-11-23(18)27(25,26)16-8-5-14(20)6-9-16/h5-10,12,18H,2-4,11H2,1H3,(H,22,24)/t18-/m1/s1. The van der Waals surface area contributed by atoms with Gasteiger partial charge in [0.05, 0.1) is 4.90 Å². The van der Waals surface area contributed by atoms with Crippen LogP contribution in [0.3, 0.4) is 0 Å². The molecule has 0 saturated carbocycles. The molecule has 1 saturated heterocycles. The van der Waals surface area contributed by atoms with Crippen LogP contribution in [0.5, 0.6) is 0 Å². The van der Waals surface area contributed by atoms with Crippen molar-refractivity contribution in [3.05, 3.63) is 57.5 Å². The van der Waals surface area contributed by atoms with E-state index < -0.39 is 16.1 Å². The van der Waals surface area contributed by atoms with Crippen LogP contribution < -0.4 is 5.32 Å². The first-order valence-corrected chi connectivity index (χ1v) is 11.2. The SMILES string of the molecule is Cc1cc(Cl)ccc1NC(=O)[C@H]1CCCCN1S(=O)(=O)c1ccc(Br)cc1. The lowest BCUT2D eigenvalue weighted by atomic mass is 10.0. The molecule has 2 aromatic rings. The minimum absolute atomic E-state index is 0.188. The van der Waals surface area contributed by atoms with Gasteiger partial charge in [-0.15, -0.1) is 0 Å². The lowest BCUT2D eigenvalue weighted by Gasteiger charge is -2.33. The molecule has 1 fully saturated rings. The molecule has 0 radical (unpaired) electrons. The third kappa shape index (κ3) is 4.54. The highest BCUT2D eigenvalue weighted by molar-refractivity contribution is 9.10. The summed E-state index contributed by atoms with van der Waals surface area (Å²) in [5.74, 6) is -0.319. The molecule has 0 spiro atoms. The van der Waals surface area contributed by atoms with Gasteiger partial charge in [-0.25, -0.2) is 8.42 Å². The minimum atomic E-state index is -3.75. The van der Waals surface area contributed by atoms with Crippen molar-refractivity contribution in [1.82, 2.24) is 4.31 Å². The van der Waals surface area contributed by atoms with Gasteiger partial charge in [0.2, 0.25) is 15.9 Å². The molecule has 1 N–H and O–H groups in total. The van der Waals surface area contributed by atoms with E-state index in [-0.39, 0.29) is 10.8 Å². The van der Waals surface area contributed by atoms with E-state index in [1.165, 1.54) is 4.31 Å². The Labute approximate surface area is 172 Å². The number of carbonyl (C=O) groups excluding carboxylic acids is 1. The zero-order chi connectivity index (χ0) is 19.6. The van der Waals surface area contributed by atoms with Gasteiger partial charge < -0.3 is 5.32 Å². The summed E-state index contributed by atoms with van der Waals surface area (Å²) in [4.78, 5) is 13.1. The highest BCUT2D eigenvalue weighted by atomic mass is 79.9. The molecule has 0 unspecified atom stereocenters. The van der Waals surface area contributed by atoms with Crippen molar-refractivity contribution in [3.8, 4) is 0 Å². The Balaban J connectivity index is 1.86. The van der Waals surface area contributed by atoms with Crippen molar-refractivity contribution in [2.45, 2.75) is 37.1 Å². The second kappa shape index (κ2) is 8.31. The Morgan fingerprint density at radius 2 is 1.89 bits per heavy atom. The summed E-state index contributed by atoms with van der Waals surface area (Å²) in [6.45, 7) is 2.18. The summed E-state index contributed by atoms with van der Waals surface area (Å²) in [5.41, 5.74) is 1.46. The molecule has 1 heterocycles. The second-order valence-corrected chi connectivity index (χ2v) is 9.77. The number of aryl methyl sites for hydroxylation is 1. The first kappa shape index (κ1) is 20.3. The number of anilines is 1. The van der Waals surface area contributed by atoms with Gasteiger partial charge in [-0.05, 0) is 67.8 Å². The van der Waals surface area contributed by atoms with Crippen LogP contribution in [0.2, 0.25) is 5.02 Å². The van der Waals surface area contributed by atoms with Gasteiger partial charge in [-0.1, -0.05) is 34.0 Å². The van der Waals surface area contributed by atoms with E-state index in [1.807, 2.05) is 6.92 Å². The summed E-state index contributed by atoms with van der Waals surface area (Å²) in [6, 6.07) is 10.9. The quantitative estimate of drug-likeness (QED) is 0.709. The summed E-state index contributed by atoms with van der Waals surface area (Å²) in [5, 5.41) is 3.44. The lowest BCUT2D eigenvalue weighted by molar-refractivity contribution is -0.120. The molecule has 1 amide bonds. The number of hydrogen-bond acceptors (Lipinski definition) is 3. The predicted molar refractivity (Wildman–Crippen MR) is 110 cm³/mol. The van der Waals surface area contributed by atoms with Gasteiger partial charge in [0.15, 0.2) is 0 Å². The zero-order valence-corrected chi connectivity index (χ0v) is 17.9. The third-order valence-electron chi connectivity index (χ3n) is 4.62. The fourth-order valence-corrected chi connectivity index (χ4v) is 5.33. The normalized spacial score (nSPS) is 18.3. The Morgan fingerprint density at radius 3 is 2.56 bits per heavy atom. The summed E-state index contributed by atoms with van der Waals surface area (Å²) in [6.07, 6.45) is 2.04. The van der Waals surface area contributed by atoms with Crippen molar-refractivity contribution in [2.75, 3.05) is 11.9 Å². The Morgan fingerprint density at radius 1 is 1.19 bits per heavy atom. The Bertz CT molecular complexity index is 948. The van der Waals surface area contributed by atoms with Crippen molar-refractivity contribution in [3.63, 3.8) is 0 Å². The molecule has 1 atom stereocenters. The largest absolute Gasteiger partial charge is 0.324 e. The van der Waals surface area contributed by atoms with Crippen LogP contribution in [0.25, 0.3) is 0 Å². The van der Waals surface area contributed by atoms with Crippen LogP contribution in [0.1, 0.15) is 24.8 Å². The summed E-state index contributed by atoms with van der Waals surface area (Å²) >= 11 is 9.27. The highest BCUT2D eigenvalue weighted by Gasteiger charge is 2.37. The van der Waals surface area contributed by atoms with E-state index in [0.717, 1.165) is 22.9 Å². The molecular weight excluding hydrogens is 452 g/mol. The van der Waals surface area contributed by atoms with E-state index in [4.69, 9.17) is 11.6 Å². The fourth-order valence-electron chi connectivity index (χ4n) is 3.18. The smallest absolute Gasteiger partial charge is 0.243 e. The van der Waals surface area contributed by atoms with E-state index >= 15 is 0 Å². The summed E-state index contributed by atoms with van der Waals surface area (Å²) in [7, 11) is -3.75. The van der Waals surface area contributed by atoms with Gasteiger partial charge in [-0.2, -0.15) is 4.31 Å². The number of halogens is 2. The van der Waals surface area contributed by atoms with Crippen molar-refractivity contribution in [2.24, 2.45) is 0 Å². The number of piperidine rings is 1. The van der Waals surface area contributed by atoms with Crippen LogP contribution in [-0.2, 0) is 14.8 Å². The molecule has 8 heteroatoms. The number of sulfonamides is 1. The average Bonchev–Trinajstić information content (AvgIpc) is 2.64. The first-order valence-electron chi connectivity index (χ1n) is 8.63. The maximum atomic E-state index is 13.1. The molecule has 0 aromatic heterocycles. The van der Waals surface area contributed by atoms with E-state index in [9.17, 15) is 13.2 Å². The molecule has 0 aliphatic carbocycles. The van der Waals surface area contributed by atoms with Crippen molar-refractivity contribution in [1.29, 1.82) is 0 Å². The molecule has 144 valence electrons. The number of carbonyl (C=O) groups is 1. The molecule has 1 aliphatic rings. The van der Waals surface area contributed by atoms with Gasteiger partial charge in [0.1, 0.15) is 6.04 Å².